The summed E-state index contributed by atoms with van der Waals surface area (Å²) < 4.78 is 10.5. The molecule has 1 fully saturated rings. The van der Waals surface area contributed by atoms with E-state index in [-0.39, 0.29) is 12.1 Å². The van der Waals surface area contributed by atoms with E-state index in [2.05, 4.69) is 5.32 Å². The fourth-order valence-electron chi connectivity index (χ4n) is 2.57. The fraction of sp³-hybridized carbons (Fsp3) is 0.529. The summed E-state index contributed by atoms with van der Waals surface area (Å²) in [6, 6.07) is 8.96. The topological polar surface area (TPSA) is 67.9 Å². The molecule has 132 valence electrons. The van der Waals surface area contributed by atoms with Crippen LogP contribution in [-0.4, -0.2) is 61.8 Å². The van der Waals surface area contributed by atoms with Gasteiger partial charge in [0.05, 0.1) is 20.3 Å². The van der Waals surface area contributed by atoms with E-state index in [0.29, 0.717) is 26.1 Å². The van der Waals surface area contributed by atoms with Crippen LogP contribution in [0.5, 0.6) is 0 Å². The number of esters is 1. The molecule has 1 aliphatic rings. The molecule has 2 atom stereocenters. The lowest BCUT2D eigenvalue weighted by Gasteiger charge is -2.34. The highest BCUT2D eigenvalue weighted by molar-refractivity contribution is 7.98. The second-order valence-corrected chi connectivity index (χ2v) is 6.51. The lowest BCUT2D eigenvalue weighted by atomic mass is 10.1. The van der Waals surface area contributed by atoms with Crippen LogP contribution in [0.4, 0.5) is 4.79 Å². The molecule has 1 aliphatic heterocycles. The average Bonchev–Trinajstić information content (AvgIpc) is 2.65. The van der Waals surface area contributed by atoms with Crippen LogP contribution in [-0.2, 0) is 14.3 Å². The molecule has 0 bridgehead atoms. The molecule has 2 rings (SSSR count). The lowest BCUT2D eigenvalue weighted by molar-refractivity contribution is -0.142. The summed E-state index contributed by atoms with van der Waals surface area (Å²) in [5, 5.41) is 2.79. The third-order valence-electron chi connectivity index (χ3n) is 3.92. The van der Waals surface area contributed by atoms with Crippen LogP contribution in [0.25, 0.3) is 0 Å². The number of hydrogen-bond donors (Lipinski definition) is 1. The Labute approximate surface area is 146 Å². The van der Waals surface area contributed by atoms with Crippen LogP contribution in [0, 0.1) is 0 Å². The van der Waals surface area contributed by atoms with Gasteiger partial charge in [0.15, 0.2) is 0 Å². The van der Waals surface area contributed by atoms with Crippen molar-refractivity contribution in [3.63, 3.8) is 0 Å². The number of carbonyl (C=O) groups excluding carboxylic acids is 2. The highest BCUT2D eigenvalue weighted by Gasteiger charge is 2.28. The quantitative estimate of drug-likeness (QED) is 0.794. The van der Waals surface area contributed by atoms with Crippen LogP contribution in [0.15, 0.2) is 30.3 Å². The van der Waals surface area contributed by atoms with Crippen molar-refractivity contribution in [1.29, 1.82) is 0 Å². The zero-order chi connectivity index (χ0) is 17.4. The molecule has 1 N–H and O–H groups in total. The van der Waals surface area contributed by atoms with Crippen molar-refractivity contribution in [2.24, 2.45) is 0 Å². The molecular formula is C17H24N2O4S. The third kappa shape index (κ3) is 5.14. The molecule has 6 nitrogen and oxygen atoms in total. The van der Waals surface area contributed by atoms with Crippen molar-refractivity contribution in [2.45, 2.75) is 18.6 Å². The second kappa shape index (κ2) is 9.54. The number of rotatable bonds is 6. The van der Waals surface area contributed by atoms with Crippen molar-refractivity contribution >= 4 is 23.8 Å². The number of thioether (sulfide) groups is 1. The molecule has 1 aromatic carbocycles. The first-order chi connectivity index (χ1) is 11.7. The Morgan fingerprint density at radius 1 is 1.42 bits per heavy atom. The van der Waals surface area contributed by atoms with Crippen LogP contribution < -0.4 is 5.32 Å². The van der Waals surface area contributed by atoms with Gasteiger partial charge in [0.2, 0.25) is 0 Å². The Morgan fingerprint density at radius 2 is 2.17 bits per heavy atom. The van der Waals surface area contributed by atoms with E-state index >= 15 is 0 Å². The Hall–Kier alpha value is -1.73. The maximum Gasteiger partial charge on any atom is 0.328 e. The first kappa shape index (κ1) is 18.6. The number of nitrogens with one attached hydrogen (secondary N) is 1. The van der Waals surface area contributed by atoms with Crippen LogP contribution in [0.2, 0.25) is 0 Å². The average molecular weight is 352 g/mol. The van der Waals surface area contributed by atoms with E-state index in [9.17, 15) is 9.59 Å². The summed E-state index contributed by atoms with van der Waals surface area (Å²) >= 11 is 1.63. The minimum absolute atomic E-state index is 0.145. The Balaban J connectivity index is 1.96. The van der Waals surface area contributed by atoms with Crippen molar-refractivity contribution in [3.05, 3.63) is 35.9 Å². The number of benzene rings is 1. The maximum atomic E-state index is 12.5. The van der Waals surface area contributed by atoms with E-state index in [0.717, 1.165) is 11.3 Å². The van der Waals surface area contributed by atoms with E-state index < -0.39 is 12.0 Å². The third-order valence-corrected chi connectivity index (χ3v) is 4.56. The first-order valence-electron chi connectivity index (χ1n) is 7.94. The van der Waals surface area contributed by atoms with Crippen LogP contribution >= 0.6 is 11.8 Å². The molecule has 0 aromatic heterocycles. The molecule has 0 radical (unpaired) electrons. The molecule has 0 saturated carbocycles. The van der Waals surface area contributed by atoms with Gasteiger partial charge in [-0.25, -0.2) is 9.59 Å². The maximum absolute atomic E-state index is 12.5. The summed E-state index contributed by atoms with van der Waals surface area (Å²) in [6.45, 7) is 1.44. The molecular weight excluding hydrogens is 328 g/mol. The van der Waals surface area contributed by atoms with Gasteiger partial charge in [-0.05, 0) is 24.0 Å². The summed E-state index contributed by atoms with van der Waals surface area (Å²) in [5.74, 6) is 0.362. The van der Waals surface area contributed by atoms with Crippen molar-refractivity contribution < 1.29 is 19.1 Å². The molecule has 7 heteroatoms. The number of carbonyl (C=O) groups is 2. The van der Waals surface area contributed by atoms with Crippen molar-refractivity contribution in [1.82, 2.24) is 10.2 Å². The summed E-state index contributed by atoms with van der Waals surface area (Å²) in [5.41, 5.74) is 1.04. The number of urea groups is 1. The van der Waals surface area contributed by atoms with Gasteiger partial charge in [-0.15, -0.1) is 0 Å². The first-order valence-corrected chi connectivity index (χ1v) is 9.34. The highest BCUT2D eigenvalue weighted by atomic mass is 32.2. The standard InChI is InChI=1S/C17H24N2O4S/c1-22-16(20)14(8-11-24-2)18-17(21)19-9-10-23-15(12-19)13-6-4-3-5-7-13/h3-7,14-15H,8-12H2,1-2H3,(H,18,21)/t14-,15-/m0/s1. The van der Waals surface area contributed by atoms with Crippen LogP contribution in [0.1, 0.15) is 18.1 Å². The van der Waals surface area contributed by atoms with Crippen molar-refractivity contribution in [3.8, 4) is 0 Å². The number of morpholine rings is 1. The van der Waals surface area contributed by atoms with Crippen molar-refractivity contribution in [2.75, 3.05) is 38.8 Å². The number of hydrogen-bond acceptors (Lipinski definition) is 5. The van der Waals surface area contributed by atoms with E-state index in [1.54, 1.807) is 16.7 Å². The van der Waals surface area contributed by atoms with E-state index in [1.807, 2.05) is 36.6 Å². The minimum atomic E-state index is -0.618. The number of nitrogens with zero attached hydrogens (tertiary/aromatic N) is 1. The van der Waals surface area contributed by atoms with E-state index in [1.165, 1.54) is 7.11 Å². The molecule has 1 aromatic rings. The summed E-state index contributed by atoms with van der Waals surface area (Å²) in [4.78, 5) is 26.0. The summed E-state index contributed by atoms with van der Waals surface area (Å²) in [6.07, 6.45) is 2.36. The normalized spacial score (nSPS) is 18.8. The predicted octanol–water partition coefficient (Wildman–Crippen LogP) is 2.06. The Bertz CT molecular complexity index is 541. The van der Waals surface area contributed by atoms with Gasteiger partial charge in [-0.2, -0.15) is 11.8 Å². The zero-order valence-corrected chi connectivity index (χ0v) is 14.9. The summed E-state index contributed by atoms with van der Waals surface area (Å²) in [7, 11) is 1.33. The predicted molar refractivity (Wildman–Crippen MR) is 94.0 cm³/mol. The molecule has 1 saturated heterocycles. The second-order valence-electron chi connectivity index (χ2n) is 5.52. The molecule has 0 spiro atoms. The molecule has 0 unspecified atom stereocenters. The molecule has 2 amide bonds. The smallest absolute Gasteiger partial charge is 0.328 e. The SMILES string of the molecule is COC(=O)[C@H](CCSC)NC(=O)N1CCO[C@H](c2ccccc2)C1. The van der Waals surface area contributed by atoms with Gasteiger partial charge in [0.25, 0.3) is 0 Å². The van der Waals surface area contributed by atoms with Gasteiger partial charge < -0.3 is 19.7 Å². The fourth-order valence-corrected chi connectivity index (χ4v) is 3.04. The Kier molecular flexibility index (Phi) is 7.39. The molecule has 0 aliphatic carbocycles. The lowest BCUT2D eigenvalue weighted by Crippen LogP contribution is -2.52. The Morgan fingerprint density at radius 3 is 2.83 bits per heavy atom. The molecule has 24 heavy (non-hydrogen) atoms. The number of amides is 2. The monoisotopic (exact) mass is 352 g/mol. The highest BCUT2D eigenvalue weighted by Crippen LogP contribution is 2.22. The number of methoxy groups -OCH3 is 1. The van der Waals surface area contributed by atoms with Gasteiger partial charge in [-0.3, -0.25) is 0 Å². The largest absolute Gasteiger partial charge is 0.467 e. The zero-order valence-electron chi connectivity index (χ0n) is 14.1. The number of ether oxygens (including phenoxy) is 2. The van der Waals surface area contributed by atoms with Crippen LogP contribution in [0.3, 0.4) is 0 Å². The molecule has 1 heterocycles. The van der Waals surface area contributed by atoms with Gasteiger partial charge >= 0.3 is 12.0 Å². The van der Waals surface area contributed by atoms with E-state index in [4.69, 9.17) is 9.47 Å². The van der Waals surface area contributed by atoms with Gasteiger partial charge in [0, 0.05) is 6.54 Å². The van der Waals surface area contributed by atoms with Gasteiger partial charge in [-0.1, -0.05) is 30.3 Å². The van der Waals surface area contributed by atoms with Gasteiger partial charge in [0.1, 0.15) is 12.1 Å². The minimum Gasteiger partial charge on any atom is -0.467 e.